The van der Waals surface area contributed by atoms with E-state index in [9.17, 15) is 0 Å². The number of thiazole rings is 1. The van der Waals surface area contributed by atoms with Crippen molar-refractivity contribution in [1.82, 2.24) is 19.6 Å². The van der Waals surface area contributed by atoms with Gasteiger partial charge in [-0.3, -0.25) is 4.40 Å². The van der Waals surface area contributed by atoms with Gasteiger partial charge >= 0.3 is 0 Å². The number of nitrogens with zero attached hydrogens (tertiary/aromatic N) is 3. The van der Waals surface area contributed by atoms with Crippen LogP contribution in [0.5, 0.6) is 0 Å². The van der Waals surface area contributed by atoms with Crippen LogP contribution in [0.25, 0.3) is 4.96 Å². The Hall–Kier alpha value is -0.910. The molecule has 1 aliphatic heterocycles. The molecule has 1 fully saturated rings. The summed E-state index contributed by atoms with van der Waals surface area (Å²) < 4.78 is 2.21. The second kappa shape index (κ2) is 6.70. The lowest BCUT2D eigenvalue weighted by Gasteiger charge is -2.19. The summed E-state index contributed by atoms with van der Waals surface area (Å²) in [5.74, 6) is 0. The van der Waals surface area contributed by atoms with E-state index >= 15 is 0 Å². The molecule has 0 bridgehead atoms. The van der Waals surface area contributed by atoms with Gasteiger partial charge in [-0.25, -0.2) is 4.98 Å². The summed E-state index contributed by atoms with van der Waals surface area (Å²) in [4.78, 5) is 8.29. The van der Waals surface area contributed by atoms with Crippen molar-refractivity contribution in [3.63, 3.8) is 0 Å². The molecule has 110 valence electrons. The summed E-state index contributed by atoms with van der Waals surface area (Å²) in [5, 5.41) is 5.68. The second-order valence-corrected chi connectivity index (χ2v) is 6.51. The molecule has 2 aromatic rings. The summed E-state index contributed by atoms with van der Waals surface area (Å²) in [5.41, 5.74) is 2.45. The Kier molecular flexibility index (Phi) is 4.70. The number of imidazole rings is 1. The maximum atomic E-state index is 4.59. The molecule has 0 saturated carbocycles. The lowest BCUT2D eigenvalue weighted by molar-refractivity contribution is 0.284. The van der Waals surface area contributed by atoms with Gasteiger partial charge in [0.2, 0.25) is 0 Å². The first kappa shape index (κ1) is 14.0. The summed E-state index contributed by atoms with van der Waals surface area (Å²) in [7, 11) is 0. The molecular weight excluding hydrogens is 268 g/mol. The van der Waals surface area contributed by atoms with Crippen molar-refractivity contribution in [2.75, 3.05) is 26.2 Å². The Bertz CT molecular complexity index is 537. The third-order valence-corrected chi connectivity index (χ3v) is 4.91. The number of hydrogen-bond acceptors (Lipinski definition) is 4. The molecular formula is C15H24N4S. The quantitative estimate of drug-likeness (QED) is 0.860. The first-order valence-corrected chi connectivity index (χ1v) is 8.56. The maximum absolute atomic E-state index is 4.59. The largest absolute Gasteiger partial charge is 0.310 e. The molecule has 4 nitrogen and oxygen atoms in total. The van der Waals surface area contributed by atoms with Crippen LogP contribution in [0.3, 0.4) is 0 Å². The van der Waals surface area contributed by atoms with Crippen LogP contribution in [0.15, 0.2) is 11.6 Å². The summed E-state index contributed by atoms with van der Waals surface area (Å²) >= 11 is 1.70. The zero-order valence-electron chi connectivity index (χ0n) is 12.3. The molecule has 0 aliphatic carbocycles. The highest BCUT2D eigenvalue weighted by Gasteiger charge is 2.10. The molecule has 0 unspecified atom stereocenters. The van der Waals surface area contributed by atoms with Crippen molar-refractivity contribution < 1.29 is 0 Å². The number of aryl methyl sites for hydroxylation is 1. The van der Waals surface area contributed by atoms with Crippen LogP contribution >= 0.6 is 11.3 Å². The van der Waals surface area contributed by atoms with Crippen LogP contribution in [0.1, 0.15) is 37.1 Å². The van der Waals surface area contributed by atoms with E-state index in [1.165, 1.54) is 51.0 Å². The zero-order chi connectivity index (χ0) is 13.8. The van der Waals surface area contributed by atoms with E-state index in [0.717, 1.165) is 23.7 Å². The smallest absolute Gasteiger partial charge is 0.194 e. The van der Waals surface area contributed by atoms with Gasteiger partial charge in [0, 0.05) is 31.2 Å². The number of nitrogens with one attached hydrogen (secondary N) is 1. The summed E-state index contributed by atoms with van der Waals surface area (Å²) in [6, 6.07) is 0. The minimum Gasteiger partial charge on any atom is -0.310 e. The van der Waals surface area contributed by atoms with Gasteiger partial charge in [0.1, 0.15) is 0 Å². The summed E-state index contributed by atoms with van der Waals surface area (Å²) in [6.07, 6.45) is 7.69. The average molecular weight is 292 g/mol. The molecule has 5 heteroatoms. The van der Waals surface area contributed by atoms with Crippen molar-refractivity contribution in [1.29, 1.82) is 0 Å². The van der Waals surface area contributed by atoms with Crippen LogP contribution in [0, 0.1) is 6.92 Å². The van der Waals surface area contributed by atoms with Gasteiger partial charge in [-0.05, 0) is 32.9 Å². The number of rotatable bonds is 5. The first-order valence-electron chi connectivity index (χ1n) is 7.69. The fourth-order valence-corrected chi connectivity index (χ4v) is 3.74. The molecule has 1 N–H and O–H groups in total. The Morgan fingerprint density at radius 1 is 1.25 bits per heavy atom. The van der Waals surface area contributed by atoms with E-state index < -0.39 is 0 Å². The van der Waals surface area contributed by atoms with Crippen LogP contribution < -0.4 is 5.32 Å². The van der Waals surface area contributed by atoms with Crippen molar-refractivity contribution in [3.05, 3.63) is 23.0 Å². The Labute approximate surface area is 124 Å². The van der Waals surface area contributed by atoms with Crippen LogP contribution in [-0.2, 0) is 6.54 Å². The van der Waals surface area contributed by atoms with Gasteiger partial charge in [-0.15, -0.1) is 11.3 Å². The first-order chi connectivity index (χ1) is 9.84. The second-order valence-electron chi connectivity index (χ2n) is 5.63. The van der Waals surface area contributed by atoms with Crippen LogP contribution in [0.2, 0.25) is 0 Å². The van der Waals surface area contributed by atoms with E-state index in [0.29, 0.717) is 0 Å². The number of aromatic nitrogens is 2. The molecule has 0 atom stereocenters. The molecule has 0 radical (unpaired) electrons. The molecule has 1 aliphatic rings. The van der Waals surface area contributed by atoms with Gasteiger partial charge in [0.05, 0.1) is 11.4 Å². The third kappa shape index (κ3) is 3.22. The topological polar surface area (TPSA) is 32.6 Å². The van der Waals surface area contributed by atoms with Gasteiger partial charge in [0.25, 0.3) is 0 Å². The highest BCUT2D eigenvalue weighted by molar-refractivity contribution is 7.15. The minimum absolute atomic E-state index is 0.914. The lowest BCUT2D eigenvalue weighted by atomic mass is 10.2. The molecule has 0 spiro atoms. The van der Waals surface area contributed by atoms with Crippen molar-refractivity contribution >= 4 is 16.3 Å². The number of fused-ring (bicyclic) bond motifs is 1. The molecule has 0 amide bonds. The monoisotopic (exact) mass is 292 g/mol. The van der Waals surface area contributed by atoms with Crippen molar-refractivity contribution in [3.8, 4) is 0 Å². The van der Waals surface area contributed by atoms with Gasteiger partial charge in [-0.2, -0.15) is 0 Å². The number of hydrogen-bond donors (Lipinski definition) is 1. The zero-order valence-corrected chi connectivity index (χ0v) is 13.1. The minimum atomic E-state index is 0.914. The molecule has 3 rings (SSSR count). The van der Waals surface area contributed by atoms with Crippen LogP contribution in [0.4, 0.5) is 0 Å². The molecule has 3 heterocycles. The molecule has 1 saturated heterocycles. The van der Waals surface area contributed by atoms with E-state index in [-0.39, 0.29) is 0 Å². The SMILES string of the molecule is Cc1nc2sccn2c1CNCCN1CCCCCC1. The lowest BCUT2D eigenvalue weighted by Crippen LogP contribution is -2.32. The van der Waals surface area contributed by atoms with Crippen molar-refractivity contribution in [2.24, 2.45) is 0 Å². The molecule has 20 heavy (non-hydrogen) atoms. The van der Waals surface area contributed by atoms with E-state index in [4.69, 9.17) is 0 Å². The highest BCUT2D eigenvalue weighted by Crippen LogP contribution is 2.16. The Balaban J connectivity index is 1.47. The standard InChI is InChI=1S/C15H24N4S/c1-13-14(19-10-11-20-15(19)17-13)12-16-6-9-18-7-4-2-3-5-8-18/h10-11,16H,2-9,12H2,1H3. The molecule has 2 aromatic heterocycles. The maximum Gasteiger partial charge on any atom is 0.194 e. The average Bonchev–Trinajstić information content (AvgIpc) is 2.88. The van der Waals surface area contributed by atoms with Gasteiger partial charge in [-0.1, -0.05) is 12.8 Å². The highest BCUT2D eigenvalue weighted by atomic mass is 32.1. The van der Waals surface area contributed by atoms with Crippen molar-refractivity contribution in [2.45, 2.75) is 39.2 Å². The van der Waals surface area contributed by atoms with Gasteiger partial charge in [0.15, 0.2) is 4.96 Å². The fourth-order valence-electron chi connectivity index (χ4n) is 2.96. The normalized spacial score (nSPS) is 17.6. The van der Waals surface area contributed by atoms with E-state index in [1.807, 2.05) is 0 Å². The Morgan fingerprint density at radius 2 is 2.05 bits per heavy atom. The van der Waals surface area contributed by atoms with E-state index in [1.54, 1.807) is 11.3 Å². The fraction of sp³-hybridized carbons (Fsp3) is 0.667. The summed E-state index contributed by atoms with van der Waals surface area (Å²) in [6.45, 7) is 7.81. The number of likely N-dealkylation sites (tertiary alicyclic amines) is 1. The predicted molar refractivity (Wildman–Crippen MR) is 84.4 cm³/mol. The molecule has 0 aromatic carbocycles. The van der Waals surface area contributed by atoms with E-state index in [2.05, 4.69) is 38.1 Å². The predicted octanol–water partition coefficient (Wildman–Crippen LogP) is 2.67. The third-order valence-electron chi connectivity index (χ3n) is 4.16. The Morgan fingerprint density at radius 3 is 2.85 bits per heavy atom. The van der Waals surface area contributed by atoms with Gasteiger partial charge < -0.3 is 10.2 Å². The van der Waals surface area contributed by atoms with Crippen LogP contribution in [-0.4, -0.2) is 40.5 Å².